The van der Waals surface area contributed by atoms with Crippen LogP contribution in [0, 0.1) is 11.3 Å². The normalized spacial score (nSPS) is 11.2. The van der Waals surface area contributed by atoms with Crippen LogP contribution >= 0.6 is 0 Å². The highest BCUT2D eigenvalue weighted by Gasteiger charge is 2.10. The Labute approximate surface area is 108 Å². The highest BCUT2D eigenvalue weighted by Crippen LogP contribution is 2.16. The zero-order valence-corrected chi connectivity index (χ0v) is 11.3. The Morgan fingerprint density at radius 1 is 1.28 bits per heavy atom. The molecule has 0 radical (unpaired) electrons. The van der Waals surface area contributed by atoms with Gasteiger partial charge in [0.25, 0.3) is 5.91 Å². The van der Waals surface area contributed by atoms with E-state index in [0.29, 0.717) is 5.92 Å². The van der Waals surface area contributed by atoms with Crippen LogP contribution in [0.15, 0.2) is 29.8 Å². The van der Waals surface area contributed by atoms with Gasteiger partial charge < -0.3 is 4.90 Å². The van der Waals surface area contributed by atoms with Gasteiger partial charge in [-0.05, 0) is 23.1 Å². The summed E-state index contributed by atoms with van der Waals surface area (Å²) in [6.45, 7) is 4.25. The molecule has 0 aromatic heterocycles. The van der Waals surface area contributed by atoms with Crippen molar-refractivity contribution in [1.29, 1.82) is 5.26 Å². The first-order chi connectivity index (χ1) is 8.45. The number of hydrogen-bond donors (Lipinski definition) is 0. The molecule has 0 bridgehead atoms. The van der Waals surface area contributed by atoms with E-state index in [9.17, 15) is 4.79 Å². The van der Waals surface area contributed by atoms with Crippen molar-refractivity contribution in [3.63, 3.8) is 0 Å². The van der Waals surface area contributed by atoms with Crippen LogP contribution in [-0.2, 0) is 4.79 Å². The zero-order chi connectivity index (χ0) is 13.7. The fourth-order valence-electron chi connectivity index (χ4n) is 1.53. The Morgan fingerprint density at radius 3 is 2.22 bits per heavy atom. The lowest BCUT2D eigenvalue weighted by Crippen LogP contribution is -2.22. The first-order valence-corrected chi connectivity index (χ1v) is 5.89. The number of likely N-dealkylation sites (N-methyl/N-ethyl adjacent to an activating group) is 1. The molecule has 0 N–H and O–H groups in total. The Morgan fingerprint density at radius 2 is 1.83 bits per heavy atom. The summed E-state index contributed by atoms with van der Waals surface area (Å²) in [6.07, 6.45) is 1.62. The van der Waals surface area contributed by atoms with Crippen molar-refractivity contribution in [2.75, 3.05) is 14.1 Å². The molecule has 0 aliphatic rings. The lowest BCUT2D eigenvalue weighted by atomic mass is 10.0. The van der Waals surface area contributed by atoms with Crippen molar-refractivity contribution in [3.05, 3.63) is 41.0 Å². The summed E-state index contributed by atoms with van der Waals surface area (Å²) in [6, 6.07) is 9.83. The number of nitrogens with zero attached hydrogens (tertiary/aromatic N) is 2. The summed E-state index contributed by atoms with van der Waals surface area (Å²) >= 11 is 0. The van der Waals surface area contributed by atoms with Crippen LogP contribution in [0.1, 0.15) is 30.9 Å². The zero-order valence-electron chi connectivity index (χ0n) is 11.3. The Kier molecular flexibility index (Phi) is 4.67. The van der Waals surface area contributed by atoms with Crippen LogP contribution in [-0.4, -0.2) is 24.9 Å². The lowest BCUT2D eigenvalue weighted by molar-refractivity contribution is -0.124. The molecule has 94 valence electrons. The molecule has 0 saturated carbocycles. The molecule has 0 aliphatic carbocycles. The third-order valence-electron chi connectivity index (χ3n) is 2.67. The molecule has 3 nitrogen and oxygen atoms in total. The summed E-state index contributed by atoms with van der Waals surface area (Å²) in [4.78, 5) is 13.1. The van der Waals surface area contributed by atoms with Gasteiger partial charge in [-0.1, -0.05) is 38.1 Å². The van der Waals surface area contributed by atoms with Gasteiger partial charge in [0, 0.05) is 14.1 Å². The average Bonchev–Trinajstić information content (AvgIpc) is 2.35. The Bertz CT molecular complexity index is 490. The summed E-state index contributed by atoms with van der Waals surface area (Å²) in [7, 11) is 3.27. The van der Waals surface area contributed by atoms with Crippen molar-refractivity contribution in [3.8, 4) is 6.07 Å². The highest BCUT2D eigenvalue weighted by molar-refractivity contribution is 6.01. The summed E-state index contributed by atoms with van der Waals surface area (Å²) in [5.74, 6) is 0.201. The molecule has 1 rings (SSSR count). The van der Waals surface area contributed by atoms with Gasteiger partial charge in [0.2, 0.25) is 0 Å². The Hall–Kier alpha value is -2.08. The highest BCUT2D eigenvalue weighted by atomic mass is 16.2. The minimum Gasteiger partial charge on any atom is -0.344 e. The lowest BCUT2D eigenvalue weighted by Gasteiger charge is -2.09. The van der Waals surface area contributed by atoms with Crippen molar-refractivity contribution in [2.45, 2.75) is 19.8 Å². The van der Waals surface area contributed by atoms with Crippen molar-refractivity contribution in [2.24, 2.45) is 0 Å². The second-order valence-corrected chi connectivity index (χ2v) is 4.69. The molecule has 1 amide bonds. The van der Waals surface area contributed by atoms with E-state index in [1.807, 2.05) is 30.3 Å². The fraction of sp³-hybridized carbons (Fsp3) is 0.333. The van der Waals surface area contributed by atoms with Gasteiger partial charge in [0.15, 0.2) is 0 Å². The number of amides is 1. The van der Waals surface area contributed by atoms with Crippen LogP contribution < -0.4 is 0 Å². The third-order valence-corrected chi connectivity index (χ3v) is 2.67. The van der Waals surface area contributed by atoms with Crippen molar-refractivity contribution < 1.29 is 4.79 Å². The number of carbonyl (C=O) groups excluding carboxylic acids is 1. The van der Waals surface area contributed by atoms with E-state index < -0.39 is 0 Å². The molecule has 0 unspecified atom stereocenters. The topological polar surface area (TPSA) is 44.1 Å². The summed E-state index contributed by atoms with van der Waals surface area (Å²) in [5, 5.41) is 8.98. The first-order valence-electron chi connectivity index (χ1n) is 5.89. The SMILES string of the molecule is CC(C)c1ccc(/C=C(\C#N)C(=O)N(C)C)cc1. The second kappa shape index (κ2) is 6.02. The number of rotatable bonds is 3. The van der Waals surface area contributed by atoms with E-state index in [2.05, 4.69) is 13.8 Å². The molecule has 0 heterocycles. The second-order valence-electron chi connectivity index (χ2n) is 4.69. The van der Waals surface area contributed by atoms with E-state index in [-0.39, 0.29) is 11.5 Å². The maximum Gasteiger partial charge on any atom is 0.264 e. The number of nitriles is 1. The minimum absolute atomic E-state index is 0.150. The van der Waals surface area contributed by atoms with Gasteiger partial charge in [-0.2, -0.15) is 5.26 Å². The van der Waals surface area contributed by atoms with Crippen molar-refractivity contribution >= 4 is 12.0 Å². The molecule has 0 aliphatic heterocycles. The molecular weight excluding hydrogens is 224 g/mol. The molecule has 0 spiro atoms. The summed E-state index contributed by atoms with van der Waals surface area (Å²) < 4.78 is 0. The maximum absolute atomic E-state index is 11.7. The van der Waals surface area contributed by atoms with Crippen molar-refractivity contribution in [1.82, 2.24) is 4.90 Å². The summed E-state index contributed by atoms with van der Waals surface area (Å²) in [5.41, 5.74) is 2.26. The molecule has 18 heavy (non-hydrogen) atoms. The minimum atomic E-state index is -0.273. The van der Waals surface area contributed by atoms with Gasteiger partial charge in [0.1, 0.15) is 11.6 Å². The predicted molar refractivity (Wildman–Crippen MR) is 72.8 cm³/mol. The number of carbonyl (C=O) groups is 1. The van der Waals surface area contributed by atoms with Crippen LogP contribution in [0.5, 0.6) is 0 Å². The van der Waals surface area contributed by atoms with Crippen LogP contribution in [0.25, 0.3) is 6.08 Å². The predicted octanol–water partition coefficient (Wildman–Crippen LogP) is 2.81. The van der Waals surface area contributed by atoms with Gasteiger partial charge in [-0.25, -0.2) is 0 Å². The fourth-order valence-corrected chi connectivity index (χ4v) is 1.53. The van der Waals surface area contributed by atoms with E-state index in [0.717, 1.165) is 5.56 Å². The maximum atomic E-state index is 11.7. The molecule has 3 heteroatoms. The standard InChI is InChI=1S/C15H18N2O/c1-11(2)13-7-5-12(6-8-13)9-14(10-16)15(18)17(3)4/h5-9,11H,1-4H3/b14-9+. The average molecular weight is 242 g/mol. The van der Waals surface area contributed by atoms with E-state index in [1.54, 1.807) is 20.2 Å². The molecule has 0 fully saturated rings. The molecular formula is C15H18N2O. The van der Waals surface area contributed by atoms with E-state index in [1.165, 1.54) is 10.5 Å². The molecule has 0 saturated heterocycles. The van der Waals surface area contributed by atoms with Gasteiger partial charge >= 0.3 is 0 Å². The quantitative estimate of drug-likeness (QED) is 0.604. The van der Waals surface area contributed by atoms with E-state index >= 15 is 0 Å². The van der Waals surface area contributed by atoms with Crippen LogP contribution in [0.4, 0.5) is 0 Å². The van der Waals surface area contributed by atoms with Gasteiger partial charge in [-0.15, -0.1) is 0 Å². The largest absolute Gasteiger partial charge is 0.344 e. The molecule has 0 atom stereocenters. The third kappa shape index (κ3) is 3.46. The van der Waals surface area contributed by atoms with Crippen LogP contribution in [0.3, 0.4) is 0 Å². The van der Waals surface area contributed by atoms with E-state index in [4.69, 9.17) is 5.26 Å². The molecule has 1 aromatic rings. The first kappa shape index (κ1) is 14.0. The smallest absolute Gasteiger partial charge is 0.264 e. The monoisotopic (exact) mass is 242 g/mol. The number of benzene rings is 1. The van der Waals surface area contributed by atoms with Crippen LogP contribution in [0.2, 0.25) is 0 Å². The van der Waals surface area contributed by atoms with Gasteiger partial charge in [-0.3, -0.25) is 4.79 Å². The van der Waals surface area contributed by atoms with Gasteiger partial charge in [0.05, 0.1) is 0 Å². The molecule has 1 aromatic carbocycles. The number of hydrogen-bond acceptors (Lipinski definition) is 2. The Balaban J connectivity index is 3.01.